The summed E-state index contributed by atoms with van der Waals surface area (Å²) in [6.45, 7) is 8.22. The van der Waals surface area contributed by atoms with Gasteiger partial charge in [0.25, 0.3) is 5.91 Å². The summed E-state index contributed by atoms with van der Waals surface area (Å²) in [6, 6.07) is 12.6. The van der Waals surface area contributed by atoms with Gasteiger partial charge in [-0.3, -0.25) is 4.79 Å². The lowest BCUT2D eigenvalue weighted by Crippen LogP contribution is -2.46. The van der Waals surface area contributed by atoms with Gasteiger partial charge in [-0.2, -0.15) is 0 Å². The van der Waals surface area contributed by atoms with E-state index in [2.05, 4.69) is 20.9 Å². The highest BCUT2D eigenvalue weighted by Crippen LogP contribution is 2.31. The van der Waals surface area contributed by atoms with Crippen LogP contribution in [0.5, 0.6) is 0 Å². The van der Waals surface area contributed by atoms with Crippen LogP contribution in [0.2, 0.25) is 0 Å². The van der Waals surface area contributed by atoms with E-state index in [1.807, 2.05) is 23.8 Å². The van der Waals surface area contributed by atoms with Gasteiger partial charge in [0, 0.05) is 68.9 Å². The van der Waals surface area contributed by atoms with Gasteiger partial charge in [0.05, 0.1) is 24.2 Å². The standard InChI is InChI=1S/C30H33FN8O3/c1-2-37-12-9-24-27(37)35-26(36-28(24)38-15-17-42-18-16-38)23-8-7-22(19-25(23)31)34-30(41)33-21-5-3-20(4-6-21)29(40)39-13-10-32-11-14-39/h3-9,12,19,32H,2,10-11,13-18H2,1H3,(H2,33,34,41). The van der Waals surface area contributed by atoms with Crippen LogP contribution in [-0.2, 0) is 11.3 Å². The van der Waals surface area contributed by atoms with Crippen molar-refractivity contribution in [2.24, 2.45) is 0 Å². The molecule has 42 heavy (non-hydrogen) atoms. The maximum Gasteiger partial charge on any atom is 0.323 e. The SMILES string of the molecule is CCn1ccc2c(N3CCOCC3)nc(-c3ccc(NC(=O)Nc4ccc(C(=O)N5CCNCC5)cc4)cc3F)nc21. The maximum absolute atomic E-state index is 15.4. The Morgan fingerprint density at radius 1 is 0.952 bits per heavy atom. The third-order valence-corrected chi connectivity index (χ3v) is 7.51. The number of rotatable bonds is 6. The minimum absolute atomic E-state index is 0.0360. The highest BCUT2D eigenvalue weighted by Gasteiger charge is 2.21. The molecule has 2 aromatic heterocycles. The molecule has 0 unspecified atom stereocenters. The molecule has 12 heteroatoms. The zero-order valence-electron chi connectivity index (χ0n) is 23.4. The van der Waals surface area contributed by atoms with Crippen molar-refractivity contribution in [2.45, 2.75) is 13.5 Å². The van der Waals surface area contributed by atoms with Crippen LogP contribution < -0.4 is 20.9 Å². The van der Waals surface area contributed by atoms with Crippen LogP contribution in [0.4, 0.5) is 26.4 Å². The first-order valence-electron chi connectivity index (χ1n) is 14.2. The zero-order chi connectivity index (χ0) is 29.1. The predicted molar refractivity (Wildman–Crippen MR) is 159 cm³/mol. The number of carbonyl (C=O) groups excluding carboxylic acids is 2. The molecule has 2 fully saturated rings. The van der Waals surface area contributed by atoms with Crippen molar-refractivity contribution in [2.75, 3.05) is 68.0 Å². The normalized spacial score (nSPS) is 15.6. The molecule has 0 saturated carbocycles. The van der Waals surface area contributed by atoms with Crippen LogP contribution in [0.25, 0.3) is 22.4 Å². The Labute approximate surface area is 242 Å². The number of hydrogen-bond acceptors (Lipinski definition) is 7. The number of ether oxygens (including phenoxy) is 1. The molecule has 2 aliphatic rings. The Balaban J connectivity index is 1.16. The minimum Gasteiger partial charge on any atom is -0.378 e. The number of carbonyl (C=O) groups is 2. The van der Waals surface area contributed by atoms with Crippen molar-refractivity contribution in [3.05, 3.63) is 66.1 Å². The van der Waals surface area contributed by atoms with E-state index in [0.717, 1.165) is 36.5 Å². The summed E-state index contributed by atoms with van der Waals surface area (Å²) in [4.78, 5) is 38.7. The number of halogens is 1. The van der Waals surface area contributed by atoms with Crippen LogP contribution in [0.15, 0.2) is 54.7 Å². The summed E-state index contributed by atoms with van der Waals surface area (Å²) in [5.74, 6) is 0.449. The first kappa shape index (κ1) is 27.6. The van der Waals surface area contributed by atoms with E-state index in [1.165, 1.54) is 6.07 Å². The molecule has 3 amide bonds. The first-order chi connectivity index (χ1) is 20.5. The largest absolute Gasteiger partial charge is 0.378 e. The number of fused-ring (bicyclic) bond motifs is 1. The Hall–Kier alpha value is -4.55. The third kappa shape index (κ3) is 5.76. The van der Waals surface area contributed by atoms with E-state index >= 15 is 4.39 Å². The zero-order valence-corrected chi connectivity index (χ0v) is 23.4. The number of nitrogens with zero attached hydrogens (tertiary/aromatic N) is 5. The third-order valence-electron chi connectivity index (χ3n) is 7.51. The van der Waals surface area contributed by atoms with Crippen LogP contribution in [0.1, 0.15) is 17.3 Å². The first-order valence-corrected chi connectivity index (χ1v) is 14.2. The number of urea groups is 1. The summed E-state index contributed by atoms with van der Waals surface area (Å²) >= 11 is 0. The molecule has 2 aromatic carbocycles. The molecule has 2 saturated heterocycles. The molecule has 0 atom stereocenters. The van der Waals surface area contributed by atoms with Crippen LogP contribution in [0.3, 0.4) is 0 Å². The smallest absolute Gasteiger partial charge is 0.323 e. The molecular formula is C30H33FN8O3. The highest BCUT2D eigenvalue weighted by atomic mass is 19.1. The van der Waals surface area contributed by atoms with Crippen molar-refractivity contribution in [1.82, 2.24) is 24.8 Å². The fourth-order valence-corrected chi connectivity index (χ4v) is 5.26. The topological polar surface area (TPSA) is 117 Å². The Kier molecular flexibility index (Phi) is 7.97. The van der Waals surface area contributed by atoms with E-state index in [0.29, 0.717) is 50.6 Å². The second-order valence-corrected chi connectivity index (χ2v) is 10.2. The van der Waals surface area contributed by atoms with Crippen molar-refractivity contribution < 1.29 is 18.7 Å². The molecule has 2 aliphatic heterocycles. The molecular weight excluding hydrogens is 539 g/mol. The average Bonchev–Trinajstić information content (AvgIpc) is 3.44. The van der Waals surface area contributed by atoms with Crippen molar-refractivity contribution in [3.8, 4) is 11.4 Å². The molecule has 0 aliphatic carbocycles. The van der Waals surface area contributed by atoms with Crippen molar-refractivity contribution >= 4 is 40.2 Å². The monoisotopic (exact) mass is 572 g/mol. The van der Waals surface area contributed by atoms with E-state index in [1.54, 1.807) is 41.3 Å². The summed E-state index contributed by atoms with van der Waals surface area (Å²) < 4.78 is 23.0. The number of nitrogens with one attached hydrogen (secondary N) is 3. The molecule has 6 rings (SSSR count). The van der Waals surface area contributed by atoms with Gasteiger partial charge < -0.3 is 35.1 Å². The number of hydrogen-bond donors (Lipinski definition) is 3. The summed E-state index contributed by atoms with van der Waals surface area (Å²) in [6.07, 6.45) is 1.97. The predicted octanol–water partition coefficient (Wildman–Crippen LogP) is 3.78. The van der Waals surface area contributed by atoms with Crippen LogP contribution in [-0.4, -0.2) is 83.9 Å². The molecule has 0 bridgehead atoms. The number of anilines is 3. The number of benzene rings is 2. The molecule has 218 valence electrons. The quantitative estimate of drug-likeness (QED) is 0.322. The van der Waals surface area contributed by atoms with E-state index in [9.17, 15) is 9.59 Å². The van der Waals surface area contributed by atoms with Crippen LogP contribution in [0, 0.1) is 5.82 Å². The van der Waals surface area contributed by atoms with Gasteiger partial charge in [0.1, 0.15) is 17.3 Å². The Morgan fingerprint density at radius 3 is 2.38 bits per heavy atom. The van der Waals surface area contributed by atoms with Crippen LogP contribution >= 0.6 is 0 Å². The molecule has 11 nitrogen and oxygen atoms in total. The van der Waals surface area contributed by atoms with Gasteiger partial charge in [-0.25, -0.2) is 19.2 Å². The number of amides is 3. The molecule has 3 N–H and O–H groups in total. The lowest BCUT2D eigenvalue weighted by Gasteiger charge is -2.28. The molecule has 0 spiro atoms. The molecule has 4 aromatic rings. The van der Waals surface area contributed by atoms with Crippen molar-refractivity contribution in [3.63, 3.8) is 0 Å². The maximum atomic E-state index is 15.4. The number of piperazine rings is 1. The summed E-state index contributed by atoms with van der Waals surface area (Å²) in [5.41, 5.74) is 2.34. The van der Waals surface area contributed by atoms with Crippen molar-refractivity contribution in [1.29, 1.82) is 0 Å². The molecule has 4 heterocycles. The van der Waals surface area contributed by atoms with E-state index < -0.39 is 11.8 Å². The number of morpholine rings is 1. The summed E-state index contributed by atoms with van der Waals surface area (Å²) in [5, 5.41) is 9.53. The second kappa shape index (κ2) is 12.1. The van der Waals surface area contributed by atoms with Gasteiger partial charge in [-0.05, 0) is 55.5 Å². The average molecular weight is 573 g/mol. The highest BCUT2D eigenvalue weighted by molar-refractivity contribution is 6.00. The second-order valence-electron chi connectivity index (χ2n) is 10.2. The Bertz CT molecular complexity index is 1590. The fourth-order valence-electron chi connectivity index (χ4n) is 5.26. The van der Waals surface area contributed by atoms with E-state index in [4.69, 9.17) is 14.7 Å². The molecule has 0 radical (unpaired) electrons. The lowest BCUT2D eigenvalue weighted by atomic mass is 10.1. The minimum atomic E-state index is -0.550. The fraction of sp³-hybridized carbons (Fsp3) is 0.333. The summed E-state index contributed by atoms with van der Waals surface area (Å²) in [7, 11) is 0. The van der Waals surface area contributed by atoms with Gasteiger partial charge in [0.2, 0.25) is 0 Å². The van der Waals surface area contributed by atoms with Gasteiger partial charge in [0.15, 0.2) is 5.82 Å². The number of aryl methyl sites for hydroxylation is 1. The lowest BCUT2D eigenvalue weighted by molar-refractivity contribution is 0.0736. The van der Waals surface area contributed by atoms with Gasteiger partial charge >= 0.3 is 6.03 Å². The van der Waals surface area contributed by atoms with Gasteiger partial charge in [-0.1, -0.05) is 0 Å². The van der Waals surface area contributed by atoms with Gasteiger partial charge in [-0.15, -0.1) is 0 Å². The Morgan fingerprint density at radius 2 is 1.67 bits per heavy atom. The number of aromatic nitrogens is 3. The van der Waals surface area contributed by atoms with E-state index in [-0.39, 0.29) is 23.0 Å².